The van der Waals surface area contributed by atoms with Crippen molar-refractivity contribution in [1.82, 2.24) is 19.9 Å². The fraction of sp³-hybridized carbons (Fsp3) is 0.174. The van der Waals surface area contributed by atoms with Crippen molar-refractivity contribution in [2.75, 3.05) is 6.54 Å². The van der Waals surface area contributed by atoms with Crippen molar-refractivity contribution >= 4 is 22.9 Å². The van der Waals surface area contributed by atoms with Gasteiger partial charge in [-0.2, -0.15) is 0 Å². The van der Waals surface area contributed by atoms with Crippen molar-refractivity contribution in [1.29, 1.82) is 0 Å². The van der Waals surface area contributed by atoms with Crippen LogP contribution in [0.4, 0.5) is 0 Å². The van der Waals surface area contributed by atoms with Crippen molar-refractivity contribution in [3.05, 3.63) is 88.1 Å². The highest BCUT2D eigenvalue weighted by atomic mass is 35.5. The van der Waals surface area contributed by atoms with Gasteiger partial charge in [0.05, 0.1) is 22.0 Å². The molecule has 0 radical (unpaired) electrons. The summed E-state index contributed by atoms with van der Waals surface area (Å²) < 4.78 is 0. The molecule has 0 unspecified atom stereocenters. The lowest BCUT2D eigenvalue weighted by Crippen LogP contribution is -2.31. The van der Waals surface area contributed by atoms with Gasteiger partial charge in [-0.1, -0.05) is 23.7 Å². The highest BCUT2D eigenvalue weighted by Gasteiger charge is 2.19. The Morgan fingerprint density at radius 3 is 2.72 bits per heavy atom. The number of halogens is 1. The molecule has 1 aliphatic heterocycles. The molecule has 0 amide bonds. The van der Waals surface area contributed by atoms with Gasteiger partial charge < -0.3 is 0 Å². The van der Waals surface area contributed by atoms with Gasteiger partial charge in [0.15, 0.2) is 5.82 Å². The van der Waals surface area contributed by atoms with Crippen LogP contribution >= 0.6 is 22.9 Å². The molecule has 144 valence electrons. The Hall–Kier alpha value is -2.60. The van der Waals surface area contributed by atoms with Gasteiger partial charge in [0.1, 0.15) is 0 Å². The minimum Gasteiger partial charge on any atom is -0.293 e. The normalized spacial score (nSPS) is 14.0. The first-order valence-corrected chi connectivity index (χ1v) is 10.8. The quantitative estimate of drug-likeness (QED) is 0.440. The monoisotopic (exact) mass is 418 g/mol. The van der Waals surface area contributed by atoms with Gasteiger partial charge >= 0.3 is 0 Å². The Morgan fingerprint density at radius 2 is 1.90 bits per heavy atom. The smallest absolute Gasteiger partial charge is 0.159 e. The highest BCUT2D eigenvalue weighted by Crippen LogP contribution is 2.25. The molecule has 1 aromatic carbocycles. The summed E-state index contributed by atoms with van der Waals surface area (Å²) in [5.41, 5.74) is 5.47. The minimum atomic E-state index is 0.721. The Morgan fingerprint density at radius 1 is 1.00 bits per heavy atom. The van der Waals surface area contributed by atoms with Crippen LogP contribution in [-0.2, 0) is 19.5 Å². The van der Waals surface area contributed by atoms with Crippen LogP contribution in [0.1, 0.15) is 17.0 Å². The molecule has 4 aromatic rings. The third-order valence-electron chi connectivity index (χ3n) is 5.08. The molecule has 0 saturated heterocycles. The Kier molecular flexibility index (Phi) is 5.10. The lowest BCUT2D eigenvalue weighted by molar-refractivity contribution is 0.240. The number of nitrogens with zero attached hydrogens (tertiary/aromatic N) is 4. The average Bonchev–Trinajstić information content (AvgIpc) is 3.29. The van der Waals surface area contributed by atoms with Crippen LogP contribution in [0.15, 0.2) is 66.2 Å². The Balaban J connectivity index is 1.31. The molecule has 1 aliphatic rings. The molecule has 5 rings (SSSR count). The summed E-state index contributed by atoms with van der Waals surface area (Å²) in [6.45, 7) is 2.65. The van der Waals surface area contributed by atoms with Crippen LogP contribution in [0.2, 0.25) is 5.02 Å². The summed E-state index contributed by atoms with van der Waals surface area (Å²) in [5.74, 6) is 0.763. The highest BCUT2D eigenvalue weighted by molar-refractivity contribution is 7.13. The first-order chi connectivity index (χ1) is 14.2. The molecule has 0 bridgehead atoms. The zero-order valence-electron chi connectivity index (χ0n) is 15.8. The molecule has 6 heteroatoms. The first kappa shape index (κ1) is 18.4. The lowest BCUT2D eigenvalue weighted by Gasteiger charge is -2.27. The third-order valence-corrected chi connectivity index (χ3v) is 6.23. The van der Waals surface area contributed by atoms with Crippen LogP contribution in [0.5, 0.6) is 0 Å². The third kappa shape index (κ3) is 4.08. The van der Waals surface area contributed by atoms with Crippen molar-refractivity contribution in [3.8, 4) is 22.0 Å². The van der Waals surface area contributed by atoms with Crippen LogP contribution in [0.25, 0.3) is 22.0 Å². The Labute approximate surface area is 178 Å². The molecular formula is C23H19ClN4S. The fourth-order valence-electron chi connectivity index (χ4n) is 3.61. The maximum Gasteiger partial charge on any atom is 0.159 e. The van der Waals surface area contributed by atoms with E-state index in [-0.39, 0.29) is 0 Å². The second kappa shape index (κ2) is 8.03. The SMILES string of the molecule is Clc1ccc(-c2ncc3c(n2)CCN(Cc2cccc(-c4cccs4)n2)C3)cc1. The van der Waals surface area contributed by atoms with Crippen LogP contribution < -0.4 is 0 Å². The van der Waals surface area contributed by atoms with E-state index in [4.69, 9.17) is 21.6 Å². The zero-order chi connectivity index (χ0) is 19.6. The molecule has 4 nitrogen and oxygen atoms in total. The van der Waals surface area contributed by atoms with Gasteiger partial charge in [-0.05, 0) is 47.8 Å². The number of fused-ring (bicyclic) bond motifs is 1. The maximum absolute atomic E-state index is 5.98. The van der Waals surface area contributed by atoms with Gasteiger partial charge in [-0.15, -0.1) is 11.3 Å². The van der Waals surface area contributed by atoms with Crippen molar-refractivity contribution in [3.63, 3.8) is 0 Å². The standard InChI is InChI=1S/C23H19ClN4S/c24-18-8-6-16(7-9-18)23-25-13-17-14-28(11-10-20(17)27-23)15-19-3-1-4-21(26-19)22-5-2-12-29-22/h1-9,12-13H,10-11,14-15H2. The number of thiophene rings is 1. The van der Waals surface area contributed by atoms with E-state index < -0.39 is 0 Å². The van der Waals surface area contributed by atoms with E-state index in [2.05, 4.69) is 45.6 Å². The first-order valence-electron chi connectivity index (χ1n) is 9.57. The number of pyridine rings is 1. The molecule has 0 saturated carbocycles. The molecule has 0 atom stereocenters. The second-order valence-corrected chi connectivity index (χ2v) is 8.51. The molecule has 0 N–H and O–H groups in total. The van der Waals surface area contributed by atoms with Crippen LogP contribution in [0.3, 0.4) is 0 Å². The van der Waals surface area contributed by atoms with Crippen molar-refractivity contribution in [2.24, 2.45) is 0 Å². The van der Waals surface area contributed by atoms with E-state index in [1.807, 2.05) is 30.5 Å². The van der Waals surface area contributed by atoms with E-state index in [1.54, 1.807) is 11.3 Å². The zero-order valence-corrected chi connectivity index (χ0v) is 17.3. The van der Waals surface area contributed by atoms with Crippen molar-refractivity contribution < 1.29 is 0 Å². The molecule has 0 aliphatic carbocycles. The lowest BCUT2D eigenvalue weighted by atomic mass is 10.1. The molecule has 0 fully saturated rings. The molecule has 29 heavy (non-hydrogen) atoms. The minimum absolute atomic E-state index is 0.721. The molecular weight excluding hydrogens is 400 g/mol. The largest absolute Gasteiger partial charge is 0.293 e. The fourth-order valence-corrected chi connectivity index (χ4v) is 4.43. The van der Waals surface area contributed by atoms with E-state index in [0.717, 1.165) is 59.5 Å². The summed E-state index contributed by atoms with van der Waals surface area (Å²) in [6, 6.07) is 18.1. The summed E-state index contributed by atoms with van der Waals surface area (Å²) >= 11 is 7.71. The summed E-state index contributed by atoms with van der Waals surface area (Å²) in [4.78, 5) is 17.9. The summed E-state index contributed by atoms with van der Waals surface area (Å²) in [5, 5.41) is 2.81. The van der Waals surface area contributed by atoms with Crippen molar-refractivity contribution in [2.45, 2.75) is 19.5 Å². The van der Waals surface area contributed by atoms with Crippen LogP contribution in [-0.4, -0.2) is 26.4 Å². The van der Waals surface area contributed by atoms with Gasteiger partial charge in [-0.3, -0.25) is 9.88 Å². The number of rotatable bonds is 4. The summed E-state index contributed by atoms with van der Waals surface area (Å²) in [7, 11) is 0. The van der Waals surface area contributed by atoms with Gasteiger partial charge in [0, 0.05) is 48.4 Å². The number of aromatic nitrogens is 3. The maximum atomic E-state index is 5.98. The van der Waals surface area contributed by atoms with Gasteiger partial charge in [0.2, 0.25) is 0 Å². The second-order valence-electron chi connectivity index (χ2n) is 7.12. The van der Waals surface area contributed by atoms with Gasteiger partial charge in [-0.25, -0.2) is 9.97 Å². The molecule has 4 heterocycles. The number of hydrogen-bond donors (Lipinski definition) is 0. The predicted octanol–water partition coefficient (Wildman–Crippen LogP) is 5.48. The van der Waals surface area contributed by atoms with E-state index in [0.29, 0.717) is 0 Å². The average molecular weight is 419 g/mol. The predicted molar refractivity (Wildman–Crippen MR) is 118 cm³/mol. The molecule has 3 aromatic heterocycles. The van der Waals surface area contributed by atoms with E-state index in [9.17, 15) is 0 Å². The van der Waals surface area contributed by atoms with Crippen LogP contribution in [0, 0.1) is 0 Å². The molecule has 0 spiro atoms. The van der Waals surface area contributed by atoms with E-state index in [1.165, 1.54) is 10.4 Å². The number of hydrogen-bond acceptors (Lipinski definition) is 5. The number of benzene rings is 1. The Bertz CT molecular complexity index is 1130. The topological polar surface area (TPSA) is 41.9 Å². The summed E-state index contributed by atoms with van der Waals surface area (Å²) in [6.07, 6.45) is 2.89. The van der Waals surface area contributed by atoms with Gasteiger partial charge in [0.25, 0.3) is 0 Å². The van der Waals surface area contributed by atoms with E-state index >= 15 is 0 Å².